The molecule has 31 heavy (non-hydrogen) atoms. The number of unbranched alkanes of at least 4 members (excludes halogenated alkanes) is 1. The zero-order valence-electron chi connectivity index (χ0n) is 18.0. The summed E-state index contributed by atoms with van der Waals surface area (Å²) in [7, 11) is 0. The minimum Gasteiger partial charge on any atom is -0.305 e. The highest BCUT2D eigenvalue weighted by Gasteiger charge is 2.35. The zero-order chi connectivity index (χ0) is 21.6. The first-order valence-corrected chi connectivity index (χ1v) is 11.0. The third kappa shape index (κ3) is 4.75. The second-order valence-corrected chi connectivity index (χ2v) is 7.95. The molecule has 0 aromatic heterocycles. The van der Waals surface area contributed by atoms with Crippen molar-refractivity contribution >= 4 is 17.4 Å². The molecule has 4 heteroatoms. The number of carbonyl (C=O) groups is 2. The first-order chi connectivity index (χ1) is 15.2. The molecule has 3 aromatic rings. The van der Waals surface area contributed by atoms with Crippen molar-refractivity contribution in [2.24, 2.45) is 0 Å². The Morgan fingerprint density at radius 1 is 0.806 bits per heavy atom. The maximum absolute atomic E-state index is 12.6. The molecule has 3 aromatic carbocycles. The van der Waals surface area contributed by atoms with Gasteiger partial charge in [-0.2, -0.15) is 0 Å². The molecule has 1 amide bonds. The Labute approximate surface area is 184 Å². The molecule has 158 valence electrons. The lowest BCUT2D eigenvalue weighted by Crippen LogP contribution is -2.31. The van der Waals surface area contributed by atoms with Crippen LogP contribution in [0.5, 0.6) is 0 Å². The van der Waals surface area contributed by atoms with E-state index in [9.17, 15) is 9.59 Å². The van der Waals surface area contributed by atoms with Crippen LogP contribution in [0.4, 0.5) is 5.69 Å². The van der Waals surface area contributed by atoms with Gasteiger partial charge in [0.15, 0.2) is 0 Å². The predicted octanol–water partition coefficient (Wildman–Crippen LogP) is 5.19. The molecule has 0 spiro atoms. The number of fused-ring (bicyclic) bond motifs is 1. The van der Waals surface area contributed by atoms with E-state index in [0.717, 1.165) is 49.3 Å². The molecule has 0 bridgehead atoms. The summed E-state index contributed by atoms with van der Waals surface area (Å²) < 4.78 is 0. The standard InChI is InChI=1S/C27H28N2O2/c1-2-28(20-21-11-5-3-6-12-21)17-9-10-18-29-25-16-15-23(22-13-7-4-8-14-22)19-24(25)26(30)27(29)31/h3-8,11-16,19H,2,9-10,17-18,20H2,1H3. The third-order valence-electron chi connectivity index (χ3n) is 5.88. The zero-order valence-corrected chi connectivity index (χ0v) is 18.0. The number of amides is 1. The largest absolute Gasteiger partial charge is 0.305 e. The molecule has 0 fully saturated rings. The van der Waals surface area contributed by atoms with Crippen molar-refractivity contribution in [3.05, 3.63) is 90.0 Å². The molecular weight excluding hydrogens is 384 g/mol. The normalized spacial score (nSPS) is 13.2. The lowest BCUT2D eigenvalue weighted by molar-refractivity contribution is -0.114. The summed E-state index contributed by atoms with van der Waals surface area (Å²) in [4.78, 5) is 29.2. The first-order valence-electron chi connectivity index (χ1n) is 11.0. The van der Waals surface area contributed by atoms with Gasteiger partial charge in [-0.15, -0.1) is 0 Å². The van der Waals surface area contributed by atoms with Gasteiger partial charge in [0.1, 0.15) is 0 Å². The molecule has 0 aliphatic carbocycles. The summed E-state index contributed by atoms with van der Waals surface area (Å²) in [5, 5.41) is 0. The fraction of sp³-hybridized carbons (Fsp3) is 0.259. The fourth-order valence-electron chi connectivity index (χ4n) is 4.13. The Bertz CT molecular complexity index is 1050. The van der Waals surface area contributed by atoms with E-state index >= 15 is 0 Å². The molecule has 4 rings (SSSR count). The summed E-state index contributed by atoms with van der Waals surface area (Å²) in [6.07, 6.45) is 1.85. The Balaban J connectivity index is 1.36. The van der Waals surface area contributed by atoms with Gasteiger partial charge >= 0.3 is 0 Å². The smallest absolute Gasteiger partial charge is 0.299 e. The average Bonchev–Trinajstić information content (AvgIpc) is 3.06. The number of anilines is 1. The minimum atomic E-state index is -0.406. The number of rotatable bonds is 9. The van der Waals surface area contributed by atoms with E-state index in [1.165, 1.54) is 5.56 Å². The van der Waals surface area contributed by atoms with Gasteiger partial charge < -0.3 is 4.90 Å². The molecule has 1 aliphatic heterocycles. The van der Waals surface area contributed by atoms with Crippen LogP contribution >= 0.6 is 0 Å². The third-order valence-corrected chi connectivity index (χ3v) is 5.88. The summed E-state index contributed by atoms with van der Waals surface area (Å²) in [5.41, 5.74) is 4.58. The lowest BCUT2D eigenvalue weighted by Gasteiger charge is -2.21. The van der Waals surface area contributed by atoms with Gasteiger partial charge in [0.25, 0.3) is 11.7 Å². The van der Waals surface area contributed by atoms with Crippen molar-refractivity contribution in [1.82, 2.24) is 4.90 Å². The van der Waals surface area contributed by atoms with Crippen molar-refractivity contribution in [3.63, 3.8) is 0 Å². The molecular formula is C27H28N2O2. The van der Waals surface area contributed by atoms with Gasteiger partial charge in [-0.25, -0.2) is 0 Å². The number of carbonyl (C=O) groups excluding carboxylic acids is 2. The van der Waals surface area contributed by atoms with E-state index in [-0.39, 0.29) is 0 Å². The number of Topliss-reactive ketones (excluding diaryl/α,β-unsaturated/α-hetero) is 1. The molecule has 0 saturated heterocycles. The summed E-state index contributed by atoms with van der Waals surface area (Å²) in [6.45, 7) is 5.64. The molecule has 0 radical (unpaired) electrons. The van der Waals surface area contributed by atoms with Gasteiger partial charge in [0.2, 0.25) is 0 Å². The van der Waals surface area contributed by atoms with Crippen LogP contribution in [0.15, 0.2) is 78.9 Å². The quantitative estimate of drug-likeness (QED) is 0.359. The van der Waals surface area contributed by atoms with E-state index in [0.29, 0.717) is 12.1 Å². The number of hydrogen-bond donors (Lipinski definition) is 0. The Kier molecular flexibility index (Phi) is 6.58. The van der Waals surface area contributed by atoms with E-state index in [2.05, 4.69) is 36.1 Å². The molecule has 1 aliphatic rings. The summed E-state index contributed by atoms with van der Waals surface area (Å²) >= 11 is 0. The van der Waals surface area contributed by atoms with Gasteiger partial charge in [-0.05, 0) is 54.8 Å². The van der Waals surface area contributed by atoms with Crippen molar-refractivity contribution in [3.8, 4) is 11.1 Å². The number of benzene rings is 3. The van der Waals surface area contributed by atoms with Gasteiger partial charge in [-0.1, -0.05) is 73.7 Å². The maximum Gasteiger partial charge on any atom is 0.299 e. The lowest BCUT2D eigenvalue weighted by atomic mass is 10.0. The average molecular weight is 413 g/mol. The van der Waals surface area contributed by atoms with Crippen molar-refractivity contribution in [2.75, 3.05) is 24.5 Å². The Morgan fingerprint density at radius 3 is 2.23 bits per heavy atom. The molecule has 0 atom stereocenters. The Hall–Kier alpha value is -3.24. The van der Waals surface area contributed by atoms with Crippen molar-refractivity contribution in [1.29, 1.82) is 0 Å². The van der Waals surface area contributed by atoms with Crippen LogP contribution in [0.3, 0.4) is 0 Å². The van der Waals surface area contributed by atoms with Crippen LogP contribution in [0, 0.1) is 0 Å². The van der Waals surface area contributed by atoms with Crippen molar-refractivity contribution < 1.29 is 9.59 Å². The predicted molar refractivity (Wildman–Crippen MR) is 125 cm³/mol. The topological polar surface area (TPSA) is 40.6 Å². The second kappa shape index (κ2) is 9.71. The van der Waals surface area contributed by atoms with E-state index in [1.807, 2.05) is 54.6 Å². The highest BCUT2D eigenvalue weighted by molar-refractivity contribution is 6.52. The van der Waals surface area contributed by atoms with Crippen molar-refractivity contribution in [2.45, 2.75) is 26.3 Å². The van der Waals surface area contributed by atoms with Gasteiger partial charge in [0, 0.05) is 13.1 Å². The van der Waals surface area contributed by atoms with Crippen LogP contribution in [-0.2, 0) is 11.3 Å². The Morgan fingerprint density at radius 2 is 1.52 bits per heavy atom. The molecule has 0 N–H and O–H groups in total. The maximum atomic E-state index is 12.6. The first kappa shape index (κ1) is 21.0. The monoisotopic (exact) mass is 412 g/mol. The second-order valence-electron chi connectivity index (χ2n) is 7.95. The summed E-state index contributed by atoms with van der Waals surface area (Å²) in [5.74, 6) is -0.802. The van der Waals surface area contributed by atoms with Gasteiger partial charge in [0.05, 0.1) is 11.3 Å². The fourth-order valence-corrected chi connectivity index (χ4v) is 4.13. The summed E-state index contributed by atoms with van der Waals surface area (Å²) in [6, 6.07) is 26.2. The molecule has 1 heterocycles. The SMILES string of the molecule is CCN(CCCCN1C(=O)C(=O)c2cc(-c3ccccc3)ccc21)Cc1ccccc1. The van der Waals surface area contributed by atoms with Crippen LogP contribution in [0.25, 0.3) is 11.1 Å². The molecule has 4 nitrogen and oxygen atoms in total. The van der Waals surface area contributed by atoms with E-state index in [1.54, 1.807) is 4.90 Å². The number of ketones is 1. The van der Waals surface area contributed by atoms with Crippen LogP contribution in [0.2, 0.25) is 0 Å². The van der Waals surface area contributed by atoms with Crippen LogP contribution in [0.1, 0.15) is 35.7 Å². The molecule has 0 unspecified atom stereocenters. The number of nitrogens with zero attached hydrogens (tertiary/aromatic N) is 2. The van der Waals surface area contributed by atoms with Gasteiger partial charge in [-0.3, -0.25) is 14.5 Å². The van der Waals surface area contributed by atoms with Crippen LogP contribution < -0.4 is 4.90 Å². The highest BCUT2D eigenvalue weighted by atomic mass is 16.2. The molecule has 0 saturated carbocycles. The van der Waals surface area contributed by atoms with E-state index < -0.39 is 11.7 Å². The minimum absolute atomic E-state index is 0.396. The van der Waals surface area contributed by atoms with Crippen LogP contribution in [-0.4, -0.2) is 36.2 Å². The highest BCUT2D eigenvalue weighted by Crippen LogP contribution is 2.33. The van der Waals surface area contributed by atoms with E-state index in [4.69, 9.17) is 0 Å². The number of hydrogen-bond acceptors (Lipinski definition) is 3.